The van der Waals surface area contributed by atoms with Gasteiger partial charge in [-0.3, -0.25) is 14.4 Å². The standard InChI is InChI=1S/C11H18N2O4/c1-3-8(13-6-4-5-9(13)14)10(15)12-7(2)11(16)17/h7-8H,3-6H2,1-2H3,(H,12,15)(H,16,17)/t7-,8-/m0/s1. The van der Waals surface area contributed by atoms with Gasteiger partial charge in [-0.15, -0.1) is 0 Å². The van der Waals surface area contributed by atoms with Crippen LogP contribution in [0.25, 0.3) is 0 Å². The number of hydrogen-bond acceptors (Lipinski definition) is 3. The van der Waals surface area contributed by atoms with Crippen molar-refractivity contribution < 1.29 is 19.5 Å². The summed E-state index contributed by atoms with van der Waals surface area (Å²) in [6.07, 6.45) is 1.72. The van der Waals surface area contributed by atoms with E-state index in [1.165, 1.54) is 11.8 Å². The molecule has 6 heteroatoms. The van der Waals surface area contributed by atoms with Crippen LogP contribution in [-0.4, -0.2) is 46.4 Å². The molecule has 2 amide bonds. The molecule has 0 saturated carbocycles. The summed E-state index contributed by atoms with van der Waals surface area (Å²) in [5.41, 5.74) is 0. The molecule has 0 aromatic heterocycles. The highest BCUT2D eigenvalue weighted by atomic mass is 16.4. The summed E-state index contributed by atoms with van der Waals surface area (Å²) in [4.78, 5) is 35.5. The number of carboxylic acids is 1. The van der Waals surface area contributed by atoms with Crippen molar-refractivity contribution in [2.75, 3.05) is 6.54 Å². The van der Waals surface area contributed by atoms with Gasteiger partial charge in [0.15, 0.2) is 0 Å². The van der Waals surface area contributed by atoms with Crippen LogP contribution in [0.4, 0.5) is 0 Å². The van der Waals surface area contributed by atoms with Crippen LogP contribution in [0.1, 0.15) is 33.1 Å². The highest BCUT2D eigenvalue weighted by molar-refractivity contribution is 5.90. The maximum atomic E-state index is 11.9. The largest absolute Gasteiger partial charge is 0.480 e. The Labute approximate surface area is 100.0 Å². The van der Waals surface area contributed by atoms with Crippen LogP contribution in [-0.2, 0) is 14.4 Å². The van der Waals surface area contributed by atoms with Gasteiger partial charge >= 0.3 is 5.97 Å². The van der Waals surface area contributed by atoms with Crippen molar-refractivity contribution in [2.45, 2.75) is 45.2 Å². The number of amides is 2. The number of nitrogens with one attached hydrogen (secondary N) is 1. The highest BCUT2D eigenvalue weighted by Gasteiger charge is 2.32. The van der Waals surface area contributed by atoms with E-state index >= 15 is 0 Å². The zero-order valence-electron chi connectivity index (χ0n) is 10.1. The zero-order valence-corrected chi connectivity index (χ0v) is 10.1. The first-order valence-electron chi connectivity index (χ1n) is 5.80. The van der Waals surface area contributed by atoms with Crippen molar-refractivity contribution >= 4 is 17.8 Å². The Kier molecular flexibility index (Phi) is 4.48. The van der Waals surface area contributed by atoms with Crippen LogP contribution in [0.2, 0.25) is 0 Å². The molecule has 2 atom stereocenters. The number of aliphatic carboxylic acids is 1. The number of carbonyl (C=O) groups excluding carboxylic acids is 2. The number of likely N-dealkylation sites (tertiary alicyclic amines) is 1. The van der Waals surface area contributed by atoms with Crippen molar-refractivity contribution in [3.05, 3.63) is 0 Å². The second-order valence-corrected chi connectivity index (χ2v) is 4.18. The first-order chi connectivity index (χ1) is 7.97. The Bertz CT molecular complexity index is 329. The fraction of sp³-hybridized carbons (Fsp3) is 0.727. The molecular formula is C11H18N2O4. The summed E-state index contributed by atoms with van der Waals surface area (Å²) in [6, 6.07) is -1.49. The lowest BCUT2D eigenvalue weighted by molar-refractivity contribution is -0.143. The summed E-state index contributed by atoms with van der Waals surface area (Å²) in [7, 11) is 0. The van der Waals surface area contributed by atoms with Crippen LogP contribution >= 0.6 is 0 Å². The molecule has 0 aromatic rings. The van der Waals surface area contributed by atoms with Crippen molar-refractivity contribution in [3.8, 4) is 0 Å². The van der Waals surface area contributed by atoms with Crippen LogP contribution in [0.3, 0.4) is 0 Å². The lowest BCUT2D eigenvalue weighted by Crippen LogP contribution is -2.50. The van der Waals surface area contributed by atoms with E-state index in [1.807, 2.05) is 0 Å². The first kappa shape index (κ1) is 13.5. The first-order valence-corrected chi connectivity index (χ1v) is 5.80. The molecule has 0 aromatic carbocycles. The quantitative estimate of drug-likeness (QED) is 0.709. The third-order valence-corrected chi connectivity index (χ3v) is 2.90. The van der Waals surface area contributed by atoms with Crippen LogP contribution in [0.15, 0.2) is 0 Å². The molecule has 0 bridgehead atoms. The van der Waals surface area contributed by atoms with Gasteiger partial charge in [-0.25, -0.2) is 0 Å². The fourth-order valence-electron chi connectivity index (χ4n) is 1.92. The normalized spacial score (nSPS) is 18.9. The van der Waals surface area contributed by atoms with Crippen molar-refractivity contribution in [3.63, 3.8) is 0 Å². The lowest BCUT2D eigenvalue weighted by atomic mass is 10.1. The van der Waals surface area contributed by atoms with Gasteiger partial charge in [0.2, 0.25) is 11.8 Å². The smallest absolute Gasteiger partial charge is 0.325 e. The minimum Gasteiger partial charge on any atom is -0.480 e. The molecule has 0 unspecified atom stereocenters. The zero-order chi connectivity index (χ0) is 13.0. The van der Waals surface area contributed by atoms with Gasteiger partial charge in [0, 0.05) is 13.0 Å². The Morgan fingerprint density at radius 3 is 2.59 bits per heavy atom. The molecule has 0 radical (unpaired) electrons. The minimum absolute atomic E-state index is 0.0324. The van der Waals surface area contributed by atoms with Gasteiger partial charge in [0.25, 0.3) is 0 Å². The maximum absolute atomic E-state index is 11.9. The summed E-state index contributed by atoms with van der Waals surface area (Å²) in [6.45, 7) is 3.78. The van der Waals surface area contributed by atoms with E-state index in [4.69, 9.17) is 5.11 Å². The molecule has 0 spiro atoms. The van der Waals surface area contributed by atoms with Gasteiger partial charge in [0.05, 0.1) is 0 Å². The molecule has 6 nitrogen and oxygen atoms in total. The number of hydrogen-bond donors (Lipinski definition) is 2. The van der Waals surface area contributed by atoms with Gasteiger partial charge in [-0.1, -0.05) is 6.92 Å². The predicted octanol–water partition coefficient (Wildman–Crippen LogP) is -0.0233. The summed E-state index contributed by atoms with van der Waals surface area (Å²) in [5, 5.41) is 11.1. The Morgan fingerprint density at radius 1 is 1.53 bits per heavy atom. The minimum atomic E-state index is -1.08. The van der Waals surface area contributed by atoms with Gasteiger partial charge in [-0.2, -0.15) is 0 Å². The molecule has 1 fully saturated rings. The SMILES string of the molecule is CC[C@@H](C(=O)N[C@@H](C)C(=O)O)N1CCCC1=O. The molecular weight excluding hydrogens is 224 g/mol. The molecule has 96 valence electrons. The van der Waals surface area contributed by atoms with E-state index in [0.717, 1.165) is 6.42 Å². The summed E-state index contributed by atoms with van der Waals surface area (Å²) < 4.78 is 0. The van der Waals surface area contributed by atoms with Crippen LogP contribution < -0.4 is 5.32 Å². The molecule has 1 aliphatic rings. The Hall–Kier alpha value is -1.59. The van der Waals surface area contributed by atoms with E-state index in [2.05, 4.69) is 5.32 Å². The van der Waals surface area contributed by atoms with Crippen LogP contribution in [0, 0.1) is 0 Å². The van der Waals surface area contributed by atoms with Gasteiger partial charge < -0.3 is 15.3 Å². The third-order valence-electron chi connectivity index (χ3n) is 2.90. The van der Waals surface area contributed by atoms with E-state index in [0.29, 0.717) is 19.4 Å². The van der Waals surface area contributed by atoms with Crippen molar-refractivity contribution in [1.82, 2.24) is 10.2 Å². The molecule has 17 heavy (non-hydrogen) atoms. The van der Waals surface area contributed by atoms with Crippen molar-refractivity contribution in [1.29, 1.82) is 0 Å². The molecule has 1 aliphatic heterocycles. The monoisotopic (exact) mass is 242 g/mol. The maximum Gasteiger partial charge on any atom is 0.325 e. The van der Waals surface area contributed by atoms with Crippen LogP contribution in [0.5, 0.6) is 0 Å². The second kappa shape index (κ2) is 5.65. The second-order valence-electron chi connectivity index (χ2n) is 4.18. The Balaban J connectivity index is 2.64. The Morgan fingerprint density at radius 2 is 2.18 bits per heavy atom. The third kappa shape index (κ3) is 3.18. The average Bonchev–Trinajstić information content (AvgIpc) is 2.66. The molecule has 1 heterocycles. The van der Waals surface area contributed by atoms with Gasteiger partial charge in [0.1, 0.15) is 12.1 Å². The topological polar surface area (TPSA) is 86.7 Å². The molecule has 2 N–H and O–H groups in total. The average molecular weight is 242 g/mol. The molecule has 0 aliphatic carbocycles. The fourth-order valence-corrected chi connectivity index (χ4v) is 1.92. The highest BCUT2D eigenvalue weighted by Crippen LogP contribution is 2.15. The number of rotatable bonds is 5. The summed E-state index contributed by atoms with van der Waals surface area (Å²) >= 11 is 0. The molecule has 1 saturated heterocycles. The predicted molar refractivity (Wildman–Crippen MR) is 60.3 cm³/mol. The molecule has 1 rings (SSSR count). The van der Waals surface area contributed by atoms with E-state index in [9.17, 15) is 14.4 Å². The number of carbonyl (C=O) groups is 3. The lowest BCUT2D eigenvalue weighted by Gasteiger charge is -2.26. The van der Waals surface area contributed by atoms with E-state index < -0.39 is 24.0 Å². The number of nitrogens with zero attached hydrogens (tertiary/aromatic N) is 1. The van der Waals surface area contributed by atoms with E-state index in [1.54, 1.807) is 6.92 Å². The van der Waals surface area contributed by atoms with Gasteiger partial charge in [-0.05, 0) is 19.8 Å². The van der Waals surface area contributed by atoms with E-state index in [-0.39, 0.29) is 5.91 Å². The van der Waals surface area contributed by atoms with Crippen molar-refractivity contribution in [2.24, 2.45) is 0 Å². The number of carboxylic acid groups (broad SMARTS) is 1. The summed E-state index contributed by atoms with van der Waals surface area (Å²) in [5.74, 6) is -1.51.